The normalized spacial score (nSPS) is 21.2. The molecular formula is C22H30N4O2. The summed E-state index contributed by atoms with van der Waals surface area (Å²) in [6.45, 7) is 2.94. The lowest BCUT2D eigenvalue weighted by Crippen LogP contribution is -2.50. The molecule has 1 aromatic heterocycles. The Kier molecular flexibility index (Phi) is 5.15. The minimum atomic E-state index is -0.156. The molecule has 0 aliphatic carbocycles. The van der Waals surface area contributed by atoms with E-state index >= 15 is 0 Å². The maximum atomic E-state index is 12.4. The summed E-state index contributed by atoms with van der Waals surface area (Å²) in [6, 6.07) is 8.25. The fourth-order valence-corrected chi connectivity index (χ4v) is 4.56. The van der Waals surface area contributed by atoms with Gasteiger partial charge in [0.2, 0.25) is 5.91 Å². The van der Waals surface area contributed by atoms with Crippen molar-refractivity contribution in [3.8, 4) is 5.75 Å². The number of fused-ring (bicyclic) bond motifs is 1. The molecule has 1 aromatic carbocycles. The highest BCUT2D eigenvalue weighted by Gasteiger charge is 2.43. The van der Waals surface area contributed by atoms with Gasteiger partial charge in [-0.05, 0) is 30.9 Å². The summed E-state index contributed by atoms with van der Waals surface area (Å²) in [5.41, 5.74) is 2.28. The zero-order chi connectivity index (χ0) is 19.7. The van der Waals surface area contributed by atoms with Gasteiger partial charge in [-0.1, -0.05) is 18.2 Å². The van der Waals surface area contributed by atoms with E-state index in [2.05, 4.69) is 28.3 Å². The number of benzene rings is 1. The van der Waals surface area contributed by atoms with Crippen molar-refractivity contribution in [1.82, 2.24) is 19.6 Å². The van der Waals surface area contributed by atoms with Crippen molar-refractivity contribution in [2.45, 2.75) is 43.7 Å². The quantitative estimate of drug-likeness (QED) is 0.816. The van der Waals surface area contributed by atoms with E-state index in [4.69, 9.17) is 4.74 Å². The van der Waals surface area contributed by atoms with Gasteiger partial charge in [0.1, 0.15) is 11.4 Å². The van der Waals surface area contributed by atoms with Crippen molar-refractivity contribution >= 4 is 5.91 Å². The average Bonchev–Trinajstić information content (AvgIpc) is 3.08. The van der Waals surface area contributed by atoms with Gasteiger partial charge in [-0.15, -0.1) is 0 Å². The van der Waals surface area contributed by atoms with Crippen LogP contribution in [-0.4, -0.2) is 58.3 Å². The Labute approximate surface area is 167 Å². The Balaban J connectivity index is 1.47. The van der Waals surface area contributed by atoms with E-state index in [0.717, 1.165) is 44.6 Å². The van der Waals surface area contributed by atoms with Gasteiger partial charge in [0.15, 0.2) is 0 Å². The molecule has 1 amide bonds. The van der Waals surface area contributed by atoms with Crippen molar-refractivity contribution in [2.75, 3.05) is 27.2 Å². The van der Waals surface area contributed by atoms with Crippen molar-refractivity contribution in [3.05, 3.63) is 47.8 Å². The molecule has 1 fully saturated rings. The van der Waals surface area contributed by atoms with Crippen LogP contribution in [0.15, 0.2) is 36.7 Å². The summed E-state index contributed by atoms with van der Waals surface area (Å²) in [5.74, 6) is 1.38. The number of para-hydroxylation sites is 1. The lowest BCUT2D eigenvalue weighted by Gasteiger charge is -2.47. The van der Waals surface area contributed by atoms with Crippen LogP contribution in [0, 0.1) is 0 Å². The molecule has 1 saturated heterocycles. The molecule has 150 valence electrons. The Morgan fingerprint density at radius 1 is 1.29 bits per heavy atom. The molecule has 2 aliphatic heterocycles. The second kappa shape index (κ2) is 7.59. The maximum absolute atomic E-state index is 12.4. The number of aromatic nitrogens is 2. The fourth-order valence-electron chi connectivity index (χ4n) is 4.56. The first-order valence-electron chi connectivity index (χ1n) is 10.1. The highest BCUT2D eigenvalue weighted by atomic mass is 16.5. The third-order valence-corrected chi connectivity index (χ3v) is 6.16. The lowest BCUT2D eigenvalue weighted by molar-refractivity contribution is -0.129. The van der Waals surface area contributed by atoms with Gasteiger partial charge in [0, 0.05) is 64.9 Å². The van der Waals surface area contributed by atoms with Gasteiger partial charge in [-0.2, -0.15) is 5.10 Å². The fraction of sp³-hybridized carbons (Fsp3) is 0.545. The molecule has 1 atom stereocenters. The number of carbonyl (C=O) groups is 1. The first-order valence-corrected chi connectivity index (χ1v) is 10.1. The van der Waals surface area contributed by atoms with Crippen LogP contribution in [0.2, 0.25) is 0 Å². The molecule has 0 N–H and O–H groups in total. The van der Waals surface area contributed by atoms with Crippen LogP contribution in [-0.2, 0) is 18.4 Å². The number of likely N-dealkylation sites (tertiary alicyclic amines) is 1. The van der Waals surface area contributed by atoms with Crippen LogP contribution in [0.25, 0.3) is 0 Å². The number of hydrogen-bond donors (Lipinski definition) is 0. The zero-order valence-electron chi connectivity index (χ0n) is 17.1. The molecule has 6 nitrogen and oxygen atoms in total. The third kappa shape index (κ3) is 3.92. The minimum absolute atomic E-state index is 0.156. The van der Waals surface area contributed by atoms with Crippen LogP contribution >= 0.6 is 0 Å². The first-order chi connectivity index (χ1) is 13.4. The van der Waals surface area contributed by atoms with Crippen molar-refractivity contribution in [2.24, 2.45) is 7.05 Å². The number of carbonyl (C=O) groups excluding carboxylic acids is 1. The van der Waals surface area contributed by atoms with Gasteiger partial charge >= 0.3 is 0 Å². The second-order valence-corrected chi connectivity index (χ2v) is 8.51. The molecule has 0 radical (unpaired) electrons. The molecule has 2 aliphatic rings. The SMILES string of the molecule is CN(C)C(=O)C[C@H]1CC2(CCN(Cc3cnn(C)c3)CC2)Oc2ccccc21. The molecule has 3 heterocycles. The smallest absolute Gasteiger partial charge is 0.222 e. The number of hydrogen-bond acceptors (Lipinski definition) is 4. The molecule has 0 bridgehead atoms. The molecule has 6 heteroatoms. The van der Waals surface area contributed by atoms with Gasteiger partial charge in [-0.3, -0.25) is 14.4 Å². The number of aryl methyl sites for hydroxylation is 1. The Bertz CT molecular complexity index is 837. The monoisotopic (exact) mass is 382 g/mol. The highest BCUT2D eigenvalue weighted by molar-refractivity contribution is 5.76. The predicted molar refractivity (Wildman–Crippen MR) is 108 cm³/mol. The van der Waals surface area contributed by atoms with E-state index < -0.39 is 0 Å². The van der Waals surface area contributed by atoms with Gasteiger partial charge in [-0.25, -0.2) is 0 Å². The molecular weight excluding hydrogens is 352 g/mol. The first kappa shape index (κ1) is 19.0. The molecule has 4 rings (SSSR count). The third-order valence-electron chi connectivity index (χ3n) is 6.16. The summed E-state index contributed by atoms with van der Waals surface area (Å²) in [6.07, 6.45) is 7.49. The summed E-state index contributed by atoms with van der Waals surface area (Å²) in [4.78, 5) is 16.6. The van der Waals surface area contributed by atoms with E-state index in [1.807, 2.05) is 44.2 Å². The Hall–Kier alpha value is -2.34. The number of ether oxygens (including phenoxy) is 1. The van der Waals surface area contributed by atoms with E-state index in [1.54, 1.807) is 4.90 Å². The zero-order valence-corrected chi connectivity index (χ0v) is 17.1. The number of nitrogens with zero attached hydrogens (tertiary/aromatic N) is 4. The van der Waals surface area contributed by atoms with Crippen molar-refractivity contribution in [3.63, 3.8) is 0 Å². The highest BCUT2D eigenvalue weighted by Crippen LogP contribution is 2.46. The maximum Gasteiger partial charge on any atom is 0.222 e. The van der Waals surface area contributed by atoms with Crippen molar-refractivity contribution < 1.29 is 9.53 Å². The van der Waals surface area contributed by atoms with Crippen LogP contribution in [0.5, 0.6) is 5.75 Å². The number of rotatable bonds is 4. The predicted octanol–water partition coefficient (Wildman–Crippen LogP) is 2.80. The Morgan fingerprint density at radius 3 is 2.71 bits per heavy atom. The Morgan fingerprint density at radius 2 is 2.04 bits per heavy atom. The average molecular weight is 383 g/mol. The van der Waals surface area contributed by atoms with E-state index in [0.29, 0.717) is 6.42 Å². The number of amides is 1. The van der Waals surface area contributed by atoms with Gasteiger partial charge in [0.05, 0.1) is 6.20 Å². The van der Waals surface area contributed by atoms with Crippen LogP contribution in [0.1, 0.15) is 42.7 Å². The van der Waals surface area contributed by atoms with Crippen molar-refractivity contribution in [1.29, 1.82) is 0 Å². The molecule has 28 heavy (non-hydrogen) atoms. The summed E-state index contributed by atoms with van der Waals surface area (Å²) >= 11 is 0. The standard InChI is InChI=1S/C22H30N4O2/c1-24(2)21(27)12-18-13-22(28-20-7-5-4-6-19(18)20)8-10-26(11-9-22)16-17-14-23-25(3)15-17/h4-7,14-15,18H,8-13,16H2,1-3H3/t18-/m0/s1. The summed E-state index contributed by atoms with van der Waals surface area (Å²) in [7, 11) is 5.62. The van der Waals surface area contributed by atoms with Crippen LogP contribution in [0.3, 0.4) is 0 Å². The van der Waals surface area contributed by atoms with E-state index in [1.165, 1.54) is 11.1 Å². The largest absolute Gasteiger partial charge is 0.487 e. The summed E-state index contributed by atoms with van der Waals surface area (Å²) in [5, 5.41) is 4.27. The number of piperidine rings is 1. The minimum Gasteiger partial charge on any atom is -0.487 e. The van der Waals surface area contributed by atoms with E-state index in [-0.39, 0.29) is 17.4 Å². The van der Waals surface area contributed by atoms with Crippen LogP contribution in [0.4, 0.5) is 0 Å². The van der Waals surface area contributed by atoms with E-state index in [9.17, 15) is 4.79 Å². The molecule has 2 aromatic rings. The molecule has 1 spiro atoms. The topological polar surface area (TPSA) is 50.6 Å². The lowest BCUT2D eigenvalue weighted by atomic mass is 9.76. The molecule has 0 saturated carbocycles. The van der Waals surface area contributed by atoms with Gasteiger partial charge < -0.3 is 9.64 Å². The summed E-state index contributed by atoms with van der Waals surface area (Å²) < 4.78 is 8.42. The van der Waals surface area contributed by atoms with Crippen LogP contribution < -0.4 is 4.74 Å². The second-order valence-electron chi connectivity index (χ2n) is 8.51. The van der Waals surface area contributed by atoms with Gasteiger partial charge in [0.25, 0.3) is 0 Å². The molecule has 0 unspecified atom stereocenters.